The van der Waals surface area contributed by atoms with Gasteiger partial charge in [-0.15, -0.1) is 10.0 Å². The maximum Gasteiger partial charge on any atom is 0.238 e. The van der Waals surface area contributed by atoms with Crippen LogP contribution in [-0.4, -0.2) is 11.9 Å². The molecule has 0 aliphatic heterocycles. The number of amides is 1. The lowest BCUT2D eigenvalue weighted by Crippen LogP contribution is -2.42. The van der Waals surface area contributed by atoms with E-state index in [1.165, 1.54) is 29.8 Å². The van der Waals surface area contributed by atoms with Crippen molar-refractivity contribution in [2.75, 3.05) is 0 Å². The Morgan fingerprint density at radius 1 is 1.00 bits per heavy atom. The van der Waals surface area contributed by atoms with E-state index in [2.05, 4.69) is 0 Å². The normalized spacial score (nSPS) is 13.7. The lowest BCUT2D eigenvalue weighted by molar-refractivity contribution is -0.121. The minimum Gasteiger partial charge on any atom is -0.368 e. The average molecular weight is 276 g/mol. The van der Waals surface area contributed by atoms with Crippen LogP contribution in [0.2, 0.25) is 0 Å². The Morgan fingerprint density at radius 2 is 1.55 bits per heavy atom. The van der Waals surface area contributed by atoms with Gasteiger partial charge in [0.1, 0.15) is 11.9 Å². The Labute approximate surface area is 115 Å². The molecule has 3 nitrogen and oxygen atoms in total. The Hall–Kier alpha value is -2.27. The molecule has 5 heteroatoms. The summed E-state index contributed by atoms with van der Waals surface area (Å²) in [5.74, 6) is -1.84. The number of rotatable bonds is 5. The van der Waals surface area contributed by atoms with Crippen LogP contribution in [0, 0.1) is 5.82 Å². The highest BCUT2D eigenvalue weighted by molar-refractivity contribution is 5.81. The topological polar surface area (TPSA) is 55.1 Å². The van der Waals surface area contributed by atoms with E-state index in [1.54, 1.807) is 24.3 Å². The molecule has 0 aliphatic rings. The monoisotopic (exact) mass is 276 g/mol. The van der Waals surface area contributed by atoms with Crippen LogP contribution in [0.3, 0.4) is 0 Å². The van der Waals surface area contributed by atoms with Crippen molar-refractivity contribution in [2.24, 2.45) is 5.73 Å². The molecule has 20 heavy (non-hydrogen) atoms. The highest BCUT2D eigenvalue weighted by atomic mass is 19.2. The molecule has 2 atom stereocenters. The quantitative estimate of drug-likeness (QED) is 0.823. The van der Waals surface area contributed by atoms with Gasteiger partial charge in [0, 0.05) is 5.92 Å². The van der Waals surface area contributed by atoms with E-state index >= 15 is 0 Å². The van der Waals surface area contributed by atoms with Crippen molar-refractivity contribution in [3.05, 3.63) is 71.5 Å². The standard InChI is InChI=1S/C15H14F2N2O/c16-12-8-6-11(7-9-12)13(14(19-17)15(18)20)10-4-2-1-3-5-10/h1-9,13-14,19H,(H2,18,20)/t13?,14-/m0/s1. The Kier molecular flexibility index (Phi) is 4.42. The second-order valence-corrected chi connectivity index (χ2v) is 4.43. The van der Waals surface area contributed by atoms with E-state index in [1.807, 2.05) is 6.07 Å². The Morgan fingerprint density at radius 3 is 2.05 bits per heavy atom. The van der Waals surface area contributed by atoms with Gasteiger partial charge >= 0.3 is 0 Å². The molecule has 0 aromatic heterocycles. The summed E-state index contributed by atoms with van der Waals surface area (Å²) in [6.45, 7) is 0. The Bertz CT molecular complexity index is 572. The predicted octanol–water partition coefficient (Wildman–Crippen LogP) is 2.29. The fourth-order valence-corrected chi connectivity index (χ4v) is 2.19. The van der Waals surface area contributed by atoms with Crippen molar-refractivity contribution in [1.29, 1.82) is 0 Å². The molecule has 1 amide bonds. The van der Waals surface area contributed by atoms with Crippen molar-refractivity contribution in [1.82, 2.24) is 5.54 Å². The van der Waals surface area contributed by atoms with E-state index in [4.69, 9.17) is 5.73 Å². The van der Waals surface area contributed by atoms with E-state index in [0.29, 0.717) is 11.1 Å². The number of carbonyl (C=O) groups is 1. The highest BCUT2D eigenvalue weighted by Gasteiger charge is 2.29. The summed E-state index contributed by atoms with van der Waals surface area (Å²) in [4.78, 5) is 11.4. The van der Waals surface area contributed by atoms with Gasteiger partial charge in [0.15, 0.2) is 0 Å². The number of halogens is 2. The summed E-state index contributed by atoms with van der Waals surface area (Å²) in [7, 11) is 0. The van der Waals surface area contributed by atoms with Gasteiger partial charge in [-0.2, -0.15) is 0 Å². The number of hydrogen-bond donors (Lipinski definition) is 2. The molecule has 2 aromatic carbocycles. The van der Waals surface area contributed by atoms with Crippen LogP contribution >= 0.6 is 0 Å². The Balaban J connectivity index is 2.49. The van der Waals surface area contributed by atoms with Crippen molar-refractivity contribution >= 4 is 5.91 Å². The van der Waals surface area contributed by atoms with Crippen molar-refractivity contribution in [2.45, 2.75) is 12.0 Å². The predicted molar refractivity (Wildman–Crippen MR) is 71.9 cm³/mol. The van der Waals surface area contributed by atoms with Crippen LogP contribution < -0.4 is 11.3 Å². The fourth-order valence-electron chi connectivity index (χ4n) is 2.19. The molecule has 0 bridgehead atoms. The number of nitrogens with one attached hydrogen (secondary N) is 1. The SMILES string of the molecule is NC(=O)[C@@H](NF)C(c1ccccc1)c1ccc(F)cc1. The third-order valence-corrected chi connectivity index (χ3v) is 3.15. The molecule has 0 heterocycles. The number of primary amides is 1. The molecule has 0 radical (unpaired) electrons. The van der Waals surface area contributed by atoms with Gasteiger partial charge in [-0.3, -0.25) is 4.79 Å². The lowest BCUT2D eigenvalue weighted by Gasteiger charge is -2.23. The molecule has 104 valence electrons. The molecule has 2 aromatic rings. The number of carbonyl (C=O) groups excluding carboxylic acids is 1. The third-order valence-electron chi connectivity index (χ3n) is 3.15. The average Bonchev–Trinajstić information content (AvgIpc) is 2.46. The molecule has 0 fully saturated rings. The van der Waals surface area contributed by atoms with Crippen LogP contribution in [0.5, 0.6) is 0 Å². The highest BCUT2D eigenvalue weighted by Crippen LogP contribution is 2.28. The molecule has 0 saturated carbocycles. The van der Waals surface area contributed by atoms with Crippen LogP contribution in [-0.2, 0) is 4.79 Å². The molecular weight excluding hydrogens is 262 g/mol. The van der Waals surface area contributed by atoms with Crippen LogP contribution in [0.15, 0.2) is 54.6 Å². The molecular formula is C15H14F2N2O. The first-order chi connectivity index (χ1) is 9.63. The number of nitrogens with two attached hydrogens (primary N) is 1. The van der Waals surface area contributed by atoms with Crippen LogP contribution in [0.4, 0.5) is 8.87 Å². The summed E-state index contributed by atoms with van der Waals surface area (Å²) in [6.07, 6.45) is 0. The minimum atomic E-state index is -1.22. The van der Waals surface area contributed by atoms with E-state index in [0.717, 1.165) is 0 Å². The first-order valence-corrected chi connectivity index (χ1v) is 6.09. The van der Waals surface area contributed by atoms with Gasteiger partial charge < -0.3 is 5.73 Å². The van der Waals surface area contributed by atoms with E-state index in [-0.39, 0.29) is 0 Å². The zero-order chi connectivity index (χ0) is 14.5. The van der Waals surface area contributed by atoms with Crippen LogP contribution in [0.1, 0.15) is 17.0 Å². The first kappa shape index (κ1) is 14.1. The van der Waals surface area contributed by atoms with Gasteiger partial charge in [-0.25, -0.2) is 4.39 Å². The molecule has 0 saturated heterocycles. The summed E-state index contributed by atoms with van der Waals surface area (Å²) < 4.78 is 26.0. The zero-order valence-electron chi connectivity index (χ0n) is 10.6. The summed E-state index contributed by atoms with van der Waals surface area (Å²) >= 11 is 0. The van der Waals surface area contributed by atoms with Crippen molar-refractivity contribution in [3.8, 4) is 0 Å². The minimum absolute atomic E-state index is 0.399. The summed E-state index contributed by atoms with van der Waals surface area (Å²) in [6, 6.07) is 13.2. The second kappa shape index (κ2) is 6.25. The summed E-state index contributed by atoms with van der Waals surface area (Å²) in [5, 5.41) is 0. The molecule has 0 spiro atoms. The zero-order valence-corrected chi connectivity index (χ0v) is 10.6. The van der Waals surface area contributed by atoms with E-state index < -0.39 is 23.7 Å². The second-order valence-electron chi connectivity index (χ2n) is 4.43. The maximum atomic E-state index is 13.0. The van der Waals surface area contributed by atoms with Gasteiger partial charge in [0.05, 0.1) is 0 Å². The molecule has 1 unspecified atom stereocenters. The third kappa shape index (κ3) is 3.00. The van der Waals surface area contributed by atoms with Gasteiger partial charge in [-0.05, 0) is 23.3 Å². The lowest BCUT2D eigenvalue weighted by atomic mass is 9.85. The fraction of sp³-hybridized carbons (Fsp3) is 0.133. The molecule has 3 N–H and O–H groups in total. The first-order valence-electron chi connectivity index (χ1n) is 6.09. The molecule has 2 rings (SSSR count). The van der Waals surface area contributed by atoms with Gasteiger partial charge in [-0.1, -0.05) is 42.5 Å². The van der Waals surface area contributed by atoms with Gasteiger partial charge in [0.25, 0.3) is 0 Å². The number of hydrogen-bond acceptors (Lipinski definition) is 2. The van der Waals surface area contributed by atoms with Gasteiger partial charge in [0.2, 0.25) is 5.91 Å². The van der Waals surface area contributed by atoms with Crippen LogP contribution in [0.25, 0.3) is 0 Å². The van der Waals surface area contributed by atoms with E-state index in [9.17, 15) is 13.7 Å². The van der Waals surface area contributed by atoms with Crippen molar-refractivity contribution < 1.29 is 13.7 Å². The molecule has 0 aliphatic carbocycles. The number of benzene rings is 2. The smallest absolute Gasteiger partial charge is 0.238 e. The largest absolute Gasteiger partial charge is 0.368 e. The van der Waals surface area contributed by atoms with Crippen molar-refractivity contribution in [3.63, 3.8) is 0 Å². The maximum absolute atomic E-state index is 13.0. The summed E-state index contributed by atoms with van der Waals surface area (Å²) in [5.41, 5.74) is 8.00.